The molecule has 6 nitrogen and oxygen atoms in total. The summed E-state index contributed by atoms with van der Waals surface area (Å²) < 4.78 is 6.64. The molecule has 0 bridgehead atoms. The van der Waals surface area contributed by atoms with Crippen LogP contribution in [-0.4, -0.2) is 19.9 Å². The maximum Gasteiger partial charge on any atom is 0.277 e. The largest absolute Gasteiger partial charge is 0.365 e. The van der Waals surface area contributed by atoms with Crippen molar-refractivity contribution in [3.05, 3.63) is 11.8 Å². The number of aromatic nitrogens is 4. The van der Waals surface area contributed by atoms with Gasteiger partial charge in [-0.3, -0.25) is 4.68 Å². The van der Waals surface area contributed by atoms with Gasteiger partial charge in [0.1, 0.15) is 5.69 Å². The van der Waals surface area contributed by atoms with Gasteiger partial charge in [-0.05, 0) is 17.6 Å². The quantitative estimate of drug-likeness (QED) is 0.755. The van der Waals surface area contributed by atoms with E-state index < -0.39 is 0 Å². The highest BCUT2D eigenvalue weighted by Gasteiger charge is 2.12. The normalized spacial score (nSPS) is 10.7. The van der Waals surface area contributed by atoms with Crippen LogP contribution in [0.25, 0.3) is 11.6 Å². The van der Waals surface area contributed by atoms with Gasteiger partial charge < -0.3 is 10.3 Å². The molecule has 2 aromatic heterocycles. The minimum absolute atomic E-state index is 0.138. The van der Waals surface area contributed by atoms with Crippen LogP contribution in [0.2, 0.25) is 0 Å². The van der Waals surface area contributed by atoms with Gasteiger partial charge in [0, 0.05) is 7.05 Å². The lowest BCUT2D eigenvalue weighted by Gasteiger charge is -1.92. The van der Waals surface area contributed by atoms with Crippen molar-refractivity contribution < 1.29 is 4.52 Å². The van der Waals surface area contributed by atoms with Gasteiger partial charge in [0.05, 0.1) is 5.69 Å². The van der Waals surface area contributed by atoms with Crippen LogP contribution in [-0.2, 0) is 13.5 Å². The monoisotopic (exact) mass is 193 g/mol. The van der Waals surface area contributed by atoms with Crippen molar-refractivity contribution in [1.82, 2.24) is 19.9 Å². The van der Waals surface area contributed by atoms with Crippen molar-refractivity contribution in [2.24, 2.45) is 7.05 Å². The Hall–Kier alpha value is -1.85. The van der Waals surface area contributed by atoms with Crippen molar-refractivity contribution in [1.29, 1.82) is 0 Å². The average Bonchev–Trinajstić information content (AvgIpc) is 2.71. The first kappa shape index (κ1) is 8.74. The summed E-state index contributed by atoms with van der Waals surface area (Å²) in [5.41, 5.74) is 7.13. The lowest BCUT2D eigenvalue weighted by atomic mass is 10.3. The first-order valence-electron chi connectivity index (χ1n) is 4.33. The zero-order valence-electron chi connectivity index (χ0n) is 8.06. The predicted molar refractivity (Wildman–Crippen MR) is 50.3 cm³/mol. The van der Waals surface area contributed by atoms with Crippen LogP contribution in [0.1, 0.15) is 12.6 Å². The minimum Gasteiger partial charge on any atom is -0.365 e. The summed E-state index contributed by atoms with van der Waals surface area (Å²) >= 11 is 0. The third kappa shape index (κ3) is 1.34. The SMILES string of the molecule is CCc1cc(-c2nc(N)no2)n(C)n1. The molecular weight excluding hydrogens is 182 g/mol. The molecule has 0 saturated carbocycles. The van der Waals surface area contributed by atoms with Gasteiger partial charge in [0.25, 0.3) is 11.8 Å². The summed E-state index contributed by atoms with van der Waals surface area (Å²) in [4.78, 5) is 3.93. The second kappa shape index (κ2) is 3.13. The van der Waals surface area contributed by atoms with Crippen LogP contribution in [0, 0.1) is 0 Å². The number of rotatable bonds is 2. The molecular formula is C8H11N5O. The topological polar surface area (TPSA) is 82.8 Å². The smallest absolute Gasteiger partial charge is 0.277 e. The molecule has 0 aliphatic carbocycles. The maximum absolute atomic E-state index is 5.36. The highest BCUT2D eigenvalue weighted by Crippen LogP contribution is 2.18. The van der Waals surface area contributed by atoms with E-state index in [2.05, 4.69) is 15.2 Å². The fraction of sp³-hybridized carbons (Fsp3) is 0.375. The number of nitrogens with two attached hydrogens (primary N) is 1. The molecule has 0 radical (unpaired) electrons. The Bertz CT molecular complexity index is 444. The van der Waals surface area contributed by atoms with Crippen LogP contribution >= 0.6 is 0 Å². The standard InChI is InChI=1S/C8H11N5O/c1-3-5-4-6(13(2)11-5)7-10-8(9)12-14-7/h4H,3H2,1-2H3,(H2,9,12). The highest BCUT2D eigenvalue weighted by molar-refractivity contribution is 5.49. The zero-order valence-corrected chi connectivity index (χ0v) is 8.06. The second-order valence-corrected chi connectivity index (χ2v) is 2.96. The Kier molecular flexibility index (Phi) is 1.95. The van der Waals surface area contributed by atoms with Crippen molar-refractivity contribution in [3.8, 4) is 11.6 Å². The summed E-state index contributed by atoms with van der Waals surface area (Å²) in [6.07, 6.45) is 0.872. The fourth-order valence-electron chi connectivity index (χ4n) is 1.24. The van der Waals surface area contributed by atoms with E-state index in [0.717, 1.165) is 17.8 Å². The molecule has 0 atom stereocenters. The fourth-order valence-corrected chi connectivity index (χ4v) is 1.24. The van der Waals surface area contributed by atoms with Gasteiger partial charge in [-0.2, -0.15) is 10.1 Å². The van der Waals surface area contributed by atoms with Gasteiger partial charge in [0.15, 0.2) is 0 Å². The molecule has 0 unspecified atom stereocenters. The average molecular weight is 193 g/mol. The molecule has 2 rings (SSSR count). The van der Waals surface area contributed by atoms with E-state index in [1.54, 1.807) is 4.68 Å². The maximum atomic E-state index is 5.36. The lowest BCUT2D eigenvalue weighted by molar-refractivity contribution is 0.429. The molecule has 0 spiro atoms. The van der Waals surface area contributed by atoms with E-state index in [0.29, 0.717) is 5.89 Å². The Balaban J connectivity index is 2.45. The lowest BCUT2D eigenvalue weighted by Crippen LogP contribution is -1.94. The molecule has 6 heteroatoms. The van der Waals surface area contributed by atoms with Gasteiger partial charge in [-0.1, -0.05) is 6.92 Å². The molecule has 0 aromatic carbocycles. The van der Waals surface area contributed by atoms with E-state index in [-0.39, 0.29) is 5.95 Å². The van der Waals surface area contributed by atoms with Crippen molar-refractivity contribution in [3.63, 3.8) is 0 Å². The van der Waals surface area contributed by atoms with Crippen molar-refractivity contribution in [2.75, 3.05) is 5.73 Å². The Morgan fingerprint density at radius 2 is 2.36 bits per heavy atom. The summed E-state index contributed by atoms with van der Waals surface area (Å²) in [6.45, 7) is 2.04. The first-order valence-corrected chi connectivity index (χ1v) is 4.33. The Morgan fingerprint density at radius 3 is 2.86 bits per heavy atom. The van der Waals surface area contributed by atoms with E-state index in [9.17, 15) is 0 Å². The first-order chi connectivity index (χ1) is 6.70. The van der Waals surface area contributed by atoms with E-state index in [4.69, 9.17) is 10.3 Å². The van der Waals surface area contributed by atoms with Gasteiger partial charge >= 0.3 is 0 Å². The molecule has 0 amide bonds. The van der Waals surface area contributed by atoms with Crippen molar-refractivity contribution in [2.45, 2.75) is 13.3 Å². The number of nitrogen functional groups attached to an aromatic ring is 1. The molecule has 2 aromatic rings. The van der Waals surface area contributed by atoms with Gasteiger partial charge in [-0.25, -0.2) is 0 Å². The molecule has 0 fully saturated rings. The van der Waals surface area contributed by atoms with Crippen LogP contribution in [0.5, 0.6) is 0 Å². The third-order valence-electron chi connectivity index (χ3n) is 1.95. The predicted octanol–water partition coefficient (Wildman–Crippen LogP) is 0.615. The Morgan fingerprint density at radius 1 is 1.57 bits per heavy atom. The van der Waals surface area contributed by atoms with E-state index in [1.165, 1.54) is 0 Å². The van der Waals surface area contributed by atoms with Gasteiger partial charge in [-0.15, -0.1) is 0 Å². The third-order valence-corrected chi connectivity index (χ3v) is 1.95. The second-order valence-electron chi connectivity index (χ2n) is 2.96. The number of hydrogen-bond acceptors (Lipinski definition) is 5. The number of aryl methyl sites for hydroxylation is 2. The summed E-state index contributed by atoms with van der Waals surface area (Å²) in [5, 5.41) is 7.78. The summed E-state index contributed by atoms with van der Waals surface area (Å²) in [6, 6.07) is 1.91. The summed E-state index contributed by atoms with van der Waals surface area (Å²) in [7, 11) is 1.83. The number of hydrogen-bond donors (Lipinski definition) is 1. The Labute approximate surface area is 80.7 Å². The van der Waals surface area contributed by atoms with Crippen LogP contribution in [0.4, 0.5) is 5.95 Å². The minimum atomic E-state index is 0.138. The van der Waals surface area contributed by atoms with Crippen LogP contribution in [0.3, 0.4) is 0 Å². The molecule has 2 N–H and O–H groups in total. The van der Waals surface area contributed by atoms with Gasteiger partial charge in [0.2, 0.25) is 0 Å². The van der Waals surface area contributed by atoms with E-state index in [1.807, 2.05) is 20.0 Å². The number of anilines is 1. The molecule has 0 aliphatic rings. The van der Waals surface area contributed by atoms with E-state index >= 15 is 0 Å². The molecule has 74 valence electrons. The molecule has 2 heterocycles. The molecule has 0 saturated heterocycles. The van der Waals surface area contributed by atoms with Crippen molar-refractivity contribution >= 4 is 5.95 Å². The summed E-state index contributed by atoms with van der Waals surface area (Å²) in [5.74, 6) is 0.538. The molecule has 14 heavy (non-hydrogen) atoms. The molecule has 0 aliphatic heterocycles. The van der Waals surface area contributed by atoms with Crippen LogP contribution in [0.15, 0.2) is 10.6 Å². The highest BCUT2D eigenvalue weighted by atomic mass is 16.5. The number of nitrogens with zero attached hydrogens (tertiary/aromatic N) is 4. The van der Waals surface area contributed by atoms with Crippen LogP contribution < -0.4 is 5.73 Å². The zero-order chi connectivity index (χ0) is 10.1.